The molecule has 1 aliphatic heterocycles. The monoisotopic (exact) mass is 613 g/mol. The number of halogens is 4. The van der Waals surface area contributed by atoms with Crippen molar-refractivity contribution in [2.45, 2.75) is 50.3 Å². The summed E-state index contributed by atoms with van der Waals surface area (Å²) in [6.45, 7) is 0.867. The van der Waals surface area contributed by atoms with Gasteiger partial charge in [0.2, 0.25) is 11.8 Å². The molecule has 224 valence electrons. The zero-order valence-corrected chi connectivity index (χ0v) is 23.6. The highest BCUT2D eigenvalue weighted by atomic mass is 35.5. The van der Waals surface area contributed by atoms with Gasteiger partial charge in [0.05, 0.1) is 11.6 Å². The Morgan fingerprint density at radius 1 is 1.23 bits per heavy atom. The second-order valence-corrected chi connectivity index (χ2v) is 10.3. The number of anilines is 2. The van der Waals surface area contributed by atoms with Gasteiger partial charge in [-0.3, -0.25) is 24.2 Å². The number of nitrogens with one attached hydrogen (secondary N) is 1. The van der Waals surface area contributed by atoms with E-state index in [0.717, 1.165) is 21.9 Å². The molecule has 1 saturated heterocycles. The summed E-state index contributed by atoms with van der Waals surface area (Å²) in [5.74, 6) is -6.58. The maximum absolute atomic E-state index is 14.5. The molecule has 0 spiro atoms. The zero-order valence-electron chi connectivity index (χ0n) is 22.9. The molecular formula is C30H27ClF3N5O4. The van der Waals surface area contributed by atoms with Crippen LogP contribution in [0.5, 0.6) is 0 Å². The van der Waals surface area contributed by atoms with Gasteiger partial charge in [-0.25, -0.2) is 18.2 Å². The molecule has 4 rings (SSSR count). The molecule has 2 aromatic carbocycles. The molecule has 1 aliphatic rings. The highest BCUT2D eigenvalue weighted by molar-refractivity contribution is 6.31. The van der Waals surface area contributed by atoms with E-state index in [0.29, 0.717) is 0 Å². The largest absolute Gasteiger partial charge is 0.383 e. The first-order valence-electron chi connectivity index (χ1n) is 13.3. The summed E-state index contributed by atoms with van der Waals surface area (Å²) < 4.78 is 42.5. The van der Waals surface area contributed by atoms with Gasteiger partial charge in [0, 0.05) is 48.3 Å². The lowest BCUT2D eigenvalue weighted by Gasteiger charge is -2.35. The van der Waals surface area contributed by atoms with Crippen LogP contribution in [-0.4, -0.2) is 52.4 Å². The van der Waals surface area contributed by atoms with Crippen LogP contribution in [0.15, 0.2) is 66.9 Å². The number of carbonyl (C=O) groups excluding carboxylic acids is 3. The minimum Gasteiger partial charge on any atom is -0.383 e. The summed E-state index contributed by atoms with van der Waals surface area (Å²) in [7, 11) is 0. The summed E-state index contributed by atoms with van der Waals surface area (Å²) >= 11 is 6.47. The van der Waals surface area contributed by atoms with Crippen LogP contribution in [-0.2, 0) is 14.4 Å². The first-order valence-corrected chi connectivity index (χ1v) is 13.7. The van der Waals surface area contributed by atoms with Crippen molar-refractivity contribution in [3.8, 4) is 6.07 Å². The molecule has 0 bridgehead atoms. The number of pyridine rings is 1. The van der Waals surface area contributed by atoms with Crippen molar-refractivity contribution in [3.63, 3.8) is 0 Å². The van der Waals surface area contributed by atoms with E-state index in [1.54, 1.807) is 12.1 Å². The van der Waals surface area contributed by atoms with Gasteiger partial charge in [0.25, 0.3) is 11.8 Å². The summed E-state index contributed by atoms with van der Waals surface area (Å²) in [4.78, 5) is 47.3. The molecule has 3 aromatic rings. The van der Waals surface area contributed by atoms with Gasteiger partial charge in [-0.2, -0.15) is 5.26 Å². The molecule has 0 radical (unpaired) electrons. The van der Waals surface area contributed by atoms with Crippen molar-refractivity contribution in [2.75, 3.05) is 16.3 Å². The average Bonchev–Trinajstić information content (AvgIpc) is 3.29. The molecule has 1 fully saturated rings. The summed E-state index contributed by atoms with van der Waals surface area (Å²) in [6.07, 6.45) is -1.90. The van der Waals surface area contributed by atoms with Gasteiger partial charge in [0.15, 0.2) is 0 Å². The Morgan fingerprint density at radius 3 is 2.65 bits per heavy atom. The number of carbonyl (C=O) groups is 3. The maximum Gasteiger partial charge on any atom is 0.257 e. The fourth-order valence-corrected chi connectivity index (χ4v) is 5.00. The number of amides is 3. The first-order chi connectivity index (χ1) is 20.5. The second kappa shape index (κ2) is 13.2. The Hall–Kier alpha value is -4.47. The number of rotatable bonds is 10. The van der Waals surface area contributed by atoms with Crippen molar-refractivity contribution < 1.29 is 32.7 Å². The zero-order chi connectivity index (χ0) is 31.3. The number of benzene rings is 2. The molecule has 2 heterocycles. The smallest absolute Gasteiger partial charge is 0.257 e. The van der Waals surface area contributed by atoms with Crippen LogP contribution >= 0.6 is 11.6 Å². The second-order valence-electron chi connectivity index (χ2n) is 9.85. The van der Waals surface area contributed by atoms with Crippen LogP contribution in [0, 0.1) is 17.1 Å². The van der Waals surface area contributed by atoms with Crippen molar-refractivity contribution in [1.82, 2.24) is 10.3 Å². The molecular weight excluding hydrogens is 587 g/mol. The highest BCUT2D eigenvalue weighted by Crippen LogP contribution is 2.36. The molecule has 3 amide bonds. The number of hydrogen-bond acceptors (Lipinski definition) is 6. The molecule has 1 aromatic heterocycles. The molecule has 43 heavy (non-hydrogen) atoms. The fourth-order valence-electron chi connectivity index (χ4n) is 4.76. The third-order valence-corrected chi connectivity index (χ3v) is 7.37. The predicted molar refractivity (Wildman–Crippen MR) is 152 cm³/mol. The van der Waals surface area contributed by atoms with E-state index in [4.69, 9.17) is 11.6 Å². The van der Waals surface area contributed by atoms with Gasteiger partial charge >= 0.3 is 0 Å². The SMILES string of the molecule is CCC(F)(F)CCNC(=O)[C@H](c1ccccc1Cl)N(C(=O)[C@@H]1C[C@@H](O)C(=O)N1c1cc(C#N)ccn1)c1cccc(F)c1. The molecule has 0 saturated carbocycles. The van der Waals surface area contributed by atoms with Crippen LogP contribution < -0.4 is 15.1 Å². The third kappa shape index (κ3) is 6.96. The Balaban J connectivity index is 1.84. The van der Waals surface area contributed by atoms with E-state index in [9.17, 15) is 37.9 Å². The number of nitriles is 1. The topological polar surface area (TPSA) is 127 Å². The molecule has 9 nitrogen and oxygen atoms in total. The lowest BCUT2D eigenvalue weighted by molar-refractivity contribution is -0.127. The predicted octanol–water partition coefficient (Wildman–Crippen LogP) is 4.54. The highest BCUT2D eigenvalue weighted by Gasteiger charge is 2.48. The van der Waals surface area contributed by atoms with Gasteiger partial charge in [0.1, 0.15) is 29.8 Å². The van der Waals surface area contributed by atoms with Crippen molar-refractivity contribution in [1.29, 1.82) is 5.26 Å². The van der Waals surface area contributed by atoms with Crippen LogP contribution in [0.1, 0.15) is 43.4 Å². The Bertz CT molecular complexity index is 1570. The normalized spacial score (nSPS) is 17.3. The van der Waals surface area contributed by atoms with E-state index in [1.165, 1.54) is 49.5 Å². The molecule has 2 N–H and O–H groups in total. The lowest BCUT2D eigenvalue weighted by Crippen LogP contribution is -2.52. The number of aromatic nitrogens is 1. The minimum atomic E-state index is -3.04. The van der Waals surface area contributed by atoms with E-state index in [1.807, 2.05) is 6.07 Å². The van der Waals surface area contributed by atoms with Crippen molar-refractivity contribution in [2.24, 2.45) is 0 Å². The Morgan fingerprint density at radius 2 is 1.98 bits per heavy atom. The quantitative estimate of drug-likeness (QED) is 0.346. The molecule has 13 heteroatoms. The van der Waals surface area contributed by atoms with Gasteiger partial charge < -0.3 is 10.4 Å². The van der Waals surface area contributed by atoms with E-state index in [-0.39, 0.29) is 27.7 Å². The van der Waals surface area contributed by atoms with Gasteiger partial charge in [-0.05, 0) is 36.4 Å². The number of nitrogens with zero attached hydrogens (tertiary/aromatic N) is 4. The van der Waals surface area contributed by atoms with Crippen LogP contribution in [0.2, 0.25) is 5.02 Å². The van der Waals surface area contributed by atoms with Crippen molar-refractivity contribution >= 4 is 40.8 Å². The third-order valence-electron chi connectivity index (χ3n) is 7.02. The van der Waals surface area contributed by atoms with Gasteiger partial charge in [-0.1, -0.05) is 42.8 Å². The average molecular weight is 614 g/mol. The summed E-state index contributed by atoms with van der Waals surface area (Å²) in [5.41, 5.74) is 0.128. The first kappa shape index (κ1) is 31.5. The maximum atomic E-state index is 14.5. The number of aliphatic hydroxyl groups is 1. The Labute approximate surface area is 250 Å². The Kier molecular flexibility index (Phi) is 9.68. The lowest BCUT2D eigenvalue weighted by atomic mass is 10.0. The molecule has 3 atom stereocenters. The number of hydrogen-bond donors (Lipinski definition) is 2. The molecule has 0 aliphatic carbocycles. The van der Waals surface area contributed by atoms with E-state index < -0.39 is 73.5 Å². The van der Waals surface area contributed by atoms with Gasteiger partial charge in [-0.15, -0.1) is 0 Å². The summed E-state index contributed by atoms with van der Waals surface area (Å²) in [5, 5.41) is 22.3. The van der Waals surface area contributed by atoms with E-state index in [2.05, 4.69) is 10.3 Å². The molecule has 0 unspecified atom stereocenters. The number of aliphatic hydroxyl groups excluding tert-OH is 1. The standard InChI is InChI=1S/C30H27ClF3N5O4/c1-2-30(33,34)11-13-37-27(41)26(21-8-3-4-9-22(21)31)38(20-7-5-6-19(32)15-20)28(42)23-16-24(40)29(43)39(23)25-14-18(17-35)10-12-36-25/h3-10,12,14-15,23-24,26,40H,2,11,13,16H2,1H3,(H,37,41)/t23-,24+,26-/m0/s1. The van der Waals surface area contributed by atoms with Crippen LogP contribution in [0.3, 0.4) is 0 Å². The minimum absolute atomic E-state index is 0.0542. The van der Waals surface area contributed by atoms with E-state index >= 15 is 0 Å². The van der Waals surface area contributed by atoms with Crippen molar-refractivity contribution in [3.05, 3.63) is 88.8 Å². The number of alkyl halides is 2. The van der Waals surface area contributed by atoms with Crippen LogP contribution in [0.25, 0.3) is 0 Å². The van der Waals surface area contributed by atoms with Crippen LogP contribution in [0.4, 0.5) is 24.7 Å². The fraction of sp³-hybridized carbons (Fsp3) is 0.300. The summed E-state index contributed by atoms with van der Waals surface area (Å²) in [6, 6.07) is 12.3.